The molecule has 1 N–H and O–H groups in total. The van der Waals surface area contributed by atoms with Crippen molar-refractivity contribution in [1.82, 2.24) is 5.32 Å². The molecular formula is C18H19NO2. The summed E-state index contributed by atoms with van der Waals surface area (Å²) in [7, 11) is 0. The second-order valence-electron chi connectivity index (χ2n) is 5.20. The molecule has 0 saturated heterocycles. The number of ketones is 1. The predicted molar refractivity (Wildman–Crippen MR) is 83.4 cm³/mol. The standard InChI is InChI=1S/C18H19NO2/c1-3-18(2,16(20)14-10-6-4-7-11-14)19-17(21)15-12-8-5-9-13-15/h4-13H,3H2,1-2H3,(H,19,21)/t18-/m0/s1. The second kappa shape index (κ2) is 6.35. The molecule has 0 radical (unpaired) electrons. The van der Waals surface area contributed by atoms with Crippen molar-refractivity contribution < 1.29 is 9.59 Å². The zero-order valence-corrected chi connectivity index (χ0v) is 12.3. The molecule has 0 heterocycles. The molecule has 0 saturated carbocycles. The van der Waals surface area contributed by atoms with Gasteiger partial charge in [0.2, 0.25) is 0 Å². The van der Waals surface area contributed by atoms with Gasteiger partial charge in [-0.25, -0.2) is 0 Å². The van der Waals surface area contributed by atoms with E-state index < -0.39 is 5.54 Å². The third kappa shape index (κ3) is 3.37. The van der Waals surface area contributed by atoms with Gasteiger partial charge in [0.15, 0.2) is 5.78 Å². The lowest BCUT2D eigenvalue weighted by atomic mass is 9.88. The minimum atomic E-state index is -0.908. The lowest BCUT2D eigenvalue weighted by molar-refractivity contribution is 0.0777. The molecule has 0 aliphatic rings. The Labute approximate surface area is 125 Å². The molecule has 2 rings (SSSR count). The van der Waals surface area contributed by atoms with Gasteiger partial charge in [0.25, 0.3) is 5.91 Å². The van der Waals surface area contributed by atoms with Crippen molar-refractivity contribution in [3.05, 3.63) is 71.8 Å². The van der Waals surface area contributed by atoms with Crippen LogP contribution in [0.5, 0.6) is 0 Å². The Hall–Kier alpha value is -2.42. The van der Waals surface area contributed by atoms with E-state index in [0.717, 1.165) is 0 Å². The Bertz CT molecular complexity index is 622. The summed E-state index contributed by atoms with van der Waals surface area (Å²) in [4.78, 5) is 24.9. The molecule has 0 spiro atoms. The Morgan fingerprint density at radius 2 is 1.38 bits per heavy atom. The minimum Gasteiger partial charge on any atom is -0.339 e. The predicted octanol–water partition coefficient (Wildman–Crippen LogP) is 3.47. The molecule has 3 nitrogen and oxygen atoms in total. The number of carbonyl (C=O) groups excluding carboxylic acids is 2. The molecule has 3 heteroatoms. The molecule has 0 bridgehead atoms. The molecule has 2 aromatic carbocycles. The lowest BCUT2D eigenvalue weighted by Crippen LogP contribution is -2.51. The molecule has 0 fully saturated rings. The summed E-state index contributed by atoms with van der Waals surface area (Å²) in [5, 5.41) is 2.87. The van der Waals surface area contributed by atoms with Gasteiger partial charge >= 0.3 is 0 Å². The van der Waals surface area contributed by atoms with E-state index >= 15 is 0 Å². The Morgan fingerprint density at radius 1 is 0.905 bits per heavy atom. The first-order valence-electron chi connectivity index (χ1n) is 7.04. The molecule has 2 aromatic rings. The van der Waals surface area contributed by atoms with Crippen molar-refractivity contribution in [3.63, 3.8) is 0 Å². The van der Waals surface area contributed by atoms with Crippen LogP contribution in [0.1, 0.15) is 41.0 Å². The van der Waals surface area contributed by atoms with Gasteiger partial charge < -0.3 is 5.32 Å². The molecule has 21 heavy (non-hydrogen) atoms. The summed E-state index contributed by atoms with van der Waals surface area (Å²) >= 11 is 0. The summed E-state index contributed by atoms with van der Waals surface area (Å²) < 4.78 is 0. The van der Waals surface area contributed by atoms with Gasteiger partial charge in [-0.15, -0.1) is 0 Å². The lowest BCUT2D eigenvalue weighted by Gasteiger charge is -2.28. The monoisotopic (exact) mass is 281 g/mol. The molecule has 108 valence electrons. The molecule has 1 atom stereocenters. The van der Waals surface area contributed by atoms with Crippen LogP contribution in [0.3, 0.4) is 0 Å². The fourth-order valence-electron chi connectivity index (χ4n) is 2.13. The van der Waals surface area contributed by atoms with Gasteiger partial charge in [-0.05, 0) is 25.5 Å². The third-order valence-electron chi connectivity index (χ3n) is 3.67. The van der Waals surface area contributed by atoms with Crippen LogP contribution in [0.15, 0.2) is 60.7 Å². The van der Waals surface area contributed by atoms with Crippen molar-refractivity contribution in [1.29, 1.82) is 0 Å². The third-order valence-corrected chi connectivity index (χ3v) is 3.67. The Morgan fingerprint density at radius 3 is 1.86 bits per heavy atom. The largest absolute Gasteiger partial charge is 0.339 e. The van der Waals surface area contributed by atoms with Gasteiger partial charge in [-0.3, -0.25) is 9.59 Å². The molecule has 0 unspecified atom stereocenters. The van der Waals surface area contributed by atoms with E-state index in [1.807, 2.05) is 31.2 Å². The minimum absolute atomic E-state index is 0.0742. The van der Waals surface area contributed by atoms with Crippen molar-refractivity contribution in [2.24, 2.45) is 0 Å². The summed E-state index contributed by atoms with van der Waals surface area (Å²) in [5.41, 5.74) is 0.252. The van der Waals surface area contributed by atoms with Crippen LogP contribution in [-0.4, -0.2) is 17.2 Å². The van der Waals surface area contributed by atoms with Crippen molar-refractivity contribution in [3.8, 4) is 0 Å². The first-order valence-corrected chi connectivity index (χ1v) is 7.04. The average Bonchev–Trinajstić information content (AvgIpc) is 2.55. The normalized spacial score (nSPS) is 13.2. The second-order valence-corrected chi connectivity index (χ2v) is 5.20. The zero-order valence-electron chi connectivity index (χ0n) is 12.3. The van der Waals surface area contributed by atoms with E-state index in [2.05, 4.69) is 5.32 Å². The van der Waals surface area contributed by atoms with E-state index in [9.17, 15) is 9.59 Å². The Balaban J connectivity index is 2.22. The fraction of sp³-hybridized carbons (Fsp3) is 0.222. The molecule has 0 aromatic heterocycles. The van der Waals surface area contributed by atoms with Crippen LogP contribution < -0.4 is 5.32 Å². The van der Waals surface area contributed by atoms with E-state index in [4.69, 9.17) is 0 Å². The van der Waals surface area contributed by atoms with Crippen LogP contribution in [0, 0.1) is 0 Å². The Kier molecular flexibility index (Phi) is 4.53. The van der Waals surface area contributed by atoms with Gasteiger partial charge in [0.1, 0.15) is 5.54 Å². The number of benzene rings is 2. The quantitative estimate of drug-likeness (QED) is 0.853. The number of amides is 1. The highest BCUT2D eigenvalue weighted by atomic mass is 16.2. The molecule has 1 amide bonds. The summed E-state index contributed by atoms with van der Waals surface area (Å²) in [5.74, 6) is -0.306. The topological polar surface area (TPSA) is 46.2 Å². The van der Waals surface area contributed by atoms with Crippen LogP contribution in [0.2, 0.25) is 0 Å². The number of hydrogen-bond donors (Lipinski definition) is 1. The van der Waals surface area contributed by atoms with E-state index in [1.54, 1.807) is 43.3 Å². The van der Waals surface area contributed by atoms with E-state index in [0.29, 0.717) is 17.5 Å². The molecular weight excluding hydrogens is 262 g/mol. The van der Waals surface area contributed by atoms with E-state index in [1.165, 1.54) is 0 Å². The van der Waals surface area contributed by atoms with Gasteiger partial charge in [0, 0.05) is 11.1 Å². The van der Waals surface area contributed by atoms with Crippen LogP contribution in [-0.2, 0) is 0 Å². The van der Waals surface area contributed by atoms with Crippen LogP contribution in [0.25, 0.3) is 0 Å². The number of carbonyl (C=O) groups is 2. The van der Waals surface area contributed by atoms with Crippen molar-refractivity contribution in [2.45, 2.75) is 25.8 Å². The fourth-order valence-corrected chi connectivity index (χ4v) is 2.13. The maximum absolute atomic E-state index is 12.6. The first-order chi connectivity index (χ1) is 10.1. The average molecular weight is 281 g/mol. The molecule has 0 aliphatic carbocycles. The molecule has 0 aliphatic heterocycles. The summed E-state index contributed by atoms with van der Waals surface area (Å²) in [6.45, 7) is 3.66. The zero-order chi connectivity index (χ0) is 15.3. The highest BCUT2D eigenvalue weighted by Crippen LogP contribution is 2.18. The summed E-state index contributed by atoms with van der Waals surface area (Å²) in [6.07, 6.45) is 0.527. The van der Waals surface area contributed by atoms with Gasteiger partial charge in [0.05, 0.1) is 0 Å². The van der Waals surface area contributed by atoms with Gasteiger partial charge in [-0.2, -0.15) is 0 Å². The van der Waals surface area contributed by atoms with Crippen LogP contribution in [0.4, 0.5) is 0 Å². The van der Waals surface area contributed by atoms with E-state index in [-0.39, 0.29) is 11.7 Å². The number of nitrogens with one attached hydrogen (secondary N) is 1. The highest BCUT2D eigenvalue weighted by Gasteiger charge is 2.33. The number of Topliss-reactive ketones (excluding diaryl/α,β-unsaturated/α-hetero) is 1. The number of hydrogen-bond acceptors (Lipinski definition) is 2. The van der Waals surface area contributed by atoms with Crippen molar-refractivity contribution >= 4 is 11.7 Å². The van der Waals surface area contributed by atoms with Crippen molar-refractivity contribution in [2.75, 3.05) is 0 Å². The smallest absolute Gasteiger partial charge is 0.252 e. The summed E-state index contributed by atoms with van der Waals surface area (Å²) in [6, 6.07) is 18.0. The number of rotatable bonds is 5. The highest BCUT2D eigenvalue weighted by molar-refractivity contribution is 6.06. The van der Waals surface area contributed by atoms with Crippen LogP contribution >= 0.6 is 0 Å². The van der Waals surface area contributed by atoms with Gasteiger partial charge in [-0.1, -0.05) is 55.5 Å². The maximum Gasteiger partial charge on any atom is 0.252 e. The SMILES string of the molecule is CC[C@](C)(NC(=O)c1ccccc1)C(=O)c1ccccc1. The first kappa shape index (κ1) is 15.0. The maximum atomic E-state index is 12.6.